The van der Waals surface area contributed by atoms with Gasteiger partial charge in [0.05, 0.1) is 11.4 Å². The van der Waals surface area contributed by atoms with E-state index in [0.29, 0.717) is 18.1 Å². The molecule has 4 rings (SSSR count). The second-order valence-electron chi connectivity index (χ2n) is 6.49. The van der Waals surface area contributed by atoms with Crippen molar-refractivity contribution in [2.75, 3.05) is 7.05 Å². The molecule has 0 unspecified atom stereocenters. The zero-order chi connectivity index (χ0) is 18.8. The Morgan fingerprint density at radius 2 is 1.81 bits per heavy atom. The van der Waals surface area contributed by atoms with Gasteiger partial charge in [-0.15, -0.1) is 11.3 Å². The van der Waals surface area contributed by atoms with Crippen LogP contribution in [0.3, 0.4) is 0 Å². The first-order valence-electron chi connectivity index (χ1n) is 8.59. The molecular formula is C21H18FN3OS. The van der Waals surface area contributed by atoms with Crippen molar-refractivity contribution in [1.29, 1.82) is 0 Å². The van der Waals surface area contributed by atoms with Gasteiger partial charge in [0.25, 0.3) is 5.56 Å². The predicted molar refractivity (Wildman–Crippen MR) is 106 cm³/mol. The van der Waals surface area contributed by atoms with Crippen LogP contribution in [0.1, 0.15) is 11.3 Å². The van der Waals surface area contributed by atoms with Crippen LogP contribution in [0.25, 0.3) is 16.2 Å². The highest BCUT2D eigenvalue weighted by Crippen LogP contribution is 2.23. The van der Waals surface area contributed by atoms with Crippen LogP contribution in [0.4, 0.5) is 4.39 Å². The van der Waals surface area contributed by atoms with Crippen LogP contribution in [-0.2, 0) is 13.1 Å². The molecule has 0 bridgehead atoms. The van der Waals surface area contributed by atoms with E-state index in [2.05, 4.69) is 9.88 Å². The van der Waals surface area contributed by atoms with Gasteiger partial charge in [-0.25, -0.2) is 9.37 Å². The molecule has 0 N–H and O–H groups in total. The quantitative estimate of drug-likeness (QED) is 0.522. The molecule has 0 amide bonds. The molecule has 136 valence electrons. The Bertz CT molecular complexity index is 1120. The molecule has 0 saturated heterocycles. The minimum Gasteiger partial charge on any atom is -0.296 e. The van der Waals surface area contributed by atoms with Crippen molar-refractivity contribution in [3.05, 3.63) is 93.5 Å². The lowest BCUT2D eigenvalue weighted by Crippen LogP contribution is -2.21. The zero-order valence-electron chi connectivity index (χ0n) is 14.8. The predicted octanol–water partition coefficient (Wildman–Crippen LogP) is 4.19. The Kier molecular flexibility index (Phi) is 4.83. The maximum Gasteiger partial charge on any atom is 0.259 e. The summed E-state index contributed by atoms with van der Waals surface area (Å²) in [6, 6.07) is 17.9. The average molecular weight is 379 g/mol. The van der Waals surface area contributed by atoms with E-state index in [1.165, 1.54) is 23.5 Å². The fourth-order valence-corrected chi connectivity index (χ4v) is 4.01. The van der Waals surface area contributed by atoms with Crippen LogP contribution in [0.5, 0.6) is 0 Å². The Morgan fingerprint density at radius 1 is 1.07 bits per heavy atom. The van der Waals surface area contributed by atoms with Gasteiger partial charge >= 0.3 is 0 Å². The van der Waals surface area contributed by atoms with Gasteiger partial charge in [0.1, 0.15) is 5.82 Å². The summed E-state index contributed by atoms with van der Waals surface area (Å²) in [7, 11) is 1.96. The van der Waals surface area contributed by atoms with Crippen molar-refractivity contribution in [2.24, 2.45) is 0 Å². The Hall–Kier alpha value is -2.83. The summed E-state index contributed by atoms with van der Waals surface area (Å²) >= 11 is 1.46. The van der Waals surface area contributed by atoms with Gasteiger partial charge in [-0.1, -0.05) is 42.5 Å². The Morgan fingerprint density at radius 3 is 2.56 bits per heavy atom. The number of rotatable bonds is 5. The van der Waals surface area contributed by atoms with Gasteiger partial charge in [0, 0.05) is 24.5 Å². The van der Waals surface area contributed by atoms with Crippen molar-refractivity contribution in [3.63, 3.8) is 0 Å². The number of hydrogen-bond acceptors (Lipinski definition) is 4. The molecule has 0 aliphatic heterocycles. The Labute approximate surface area is 160 Å². The molecule has 27 heavy (non-hydrogen) atoms. The maximum atomic E-state index is 13.0. The van der Waals surface area contributed by atoms with E-state index in [1.54, 1.807) is 22.6 Å². The van der Waals surface area contributed by atoms with E-state index in [0.717, 1.165) is 22.5 Å². The van der Waals surface area contributed by atoms with Gasteiger partial charge < -0.3 is 0 Å². The lowest BCUT2D eigenvalue weighted by atomic mass is 10.2. The van der Waals surface area contributed by atoms with Gasteiger partial charge in [0.2, 0.25) is 0 Å². The second-order valence-corrected chi connectivity index (χ2v) is 7.33. The fourth-order valence-electron chi connectivity index (χ4n) is 3.09. The van der Waals surface area contributed by atoms with Gasteiger partial charge in [-0.05, 0) is 30.3 Å². The first-order valence-corrected chi connectivity index (χ1v) is 9.47. The number of fused-ring (bicyclic) bond motifs is 1. The number of hydrogen-bond donors (Lipinski definition) is 0. The van der Waals surface area contributed by atoms with Gasteiger partial charge in [0.15, 0.2) is 4.96 Å². The monoisotopic (exact) mass is 379 g/mol. The number of nitrogens with zero attached hydrogens (tertiary/aromatic N) is 3. The first-order chi connectivity index (χ1) is 13.1. The third-order valence-corrected chi connectivity index (χ3v) is 5.15. The average Bonchev–Trinajstić information content (AvgIpc) is 3.09. The summed E-state index contributed by atoms with van der Waals surface area (Å²) in [6.45, 7) is 1.20. The molecule has 6 heteroatoms. The number of aromatic nitrogens is 2. The van der Waals surface area contributed by atoms with Crippen LogP contribution < -0.4 is 5.56 Å². The van der Waals surface area contributed by atoms with Gasteiger partial charge in [-0.3, -0.25) is 14.1 Å². The molecule has 0 atom stereocenters. The standard InChI is InChI=1S/C21H18FN3OS/c1-24(12-15-7-9-17(22)10-8-15)13-18-11-20(26)25-19(14-27-21(25)23-18)16-5-3-2-4-6-16/h2-11,14H,12-13H2,1H3. The lowest BCUT2D eigenvalue weighted by molar-refractivity contribution is 0.315. The number of benzene rings is 2. The molecular weight excluding hydrogens is 361 g/mol. The fraction of sp³-hybridized carbons (Fsp3) is 0.143. The van der Waals surface area contributed by atoms with Gasteiger partial charge in [-0.2, -0.15) is 0 Å². The minimum atomic E-state index is -0.242. The highest BCUT2D eigenvalue weighted by atomic mass is 32.1. The molecule has 4 aromatic rings. The first kappa shape index (κ1) is 17.6. The molecule has 0 saturated carbocycles. The summed E-state index contributed by atoms with van der Waals surface area (Å²) in [6.07, 6.45) is 0. The molecule has 0 fully saturated rings. The van der Waals surface area contributed by atoms with Crippen LogP contribution in [0, 0.1) is 5.82 Å². The summed E-state index contributed by atoms with van der Waals surface area (Å²) in [5, 5.41) is 1.96. The summed E-state index contributed by atoms with van der Waals surface area (Å²) in [4.78, 5) is 20.1. The van der Waals surface area contributed by atoms with Crippen molar-refractivity contribution in [3.8, 4) is 11.3 Å². The third kappa shape index (κ3) is 3.82. The van der Waals surface area contributed by atoms with Crippen molar-refractivity contribution in [1.82, 2.24) is 14.3 Å². The van der Waals surface area contributed by atoms with Crippen molar-refractivity contribution >= 4 is 16.3 Å². The highest BCUT2D eigenvalue weighted by Gasteiger charge is 2.12. The smallest absolute Gasteiger partial charge is 0.259 e. The van der Waals surface area contributed by atoms with Crippen LogP contribution in [0.15, 0.2) is 70.8 Å². The maximum absolute atomic E-state index is 13.0. The lowest BCUT2D eigenvalue weighted by Gasteiger charge is -2.16. The largest absolute Gasteiger partial charge is 0.296 e. The van der Waals surface area contributed by atoms with E-state index in [-0.39, 0.29) is 11.4 Å². The minimum absolute atomic E-state index is 0.0784. The van der Waals surface area contributed by atoms with Crippen LogP contribution in [-0.4, -0.2) is 21.3 Å². The molecule has 4 nitrogen and oxygen atoms in total. The number of thiazole rings is 1. The molecule has 2 heterocycles. The molecule has 2 aromatic carbocycles. The van der Waals surface area contributed by atoms with Crippen molar-refractivity contribution in [2.45, 2.75) is 13.1 Å². The third-order valence-electron chi connectivity index (χ3n) is 4.33. The van der Waals surface area contributed by atoms with E-state index < -0.39 is 0 Å². The molecule has 0 radical (unpaired) electrons. The summed E-state index contributed by atoms with van der Waals surface area (Å²) < 4.78 is 14.7. The summed E-state index contributed by atoms with van der Waals surface area (Å²) in [5.74, 6) is -0.242. The van der Waals surface area contributed by atoms with Crippen molar-refractivity contribution < 1.29 is 4.39 Å². The van der Waals surface area contributed by atoms with E-state index >= 15 is 0 Å². The molecule has 2 aromatic heterocycles. The summed E-state index contributed by atoms with van der Waals surface area (Å²) in [5.41, 5.74) is 3.52. The molecule has 0 aliphatic carbocycles. The normalized spacial score (nSPS) is 11.4. The highest BCUT2D eigenvalue weighted by molar-refractivity contribution is 7.15. The second kappa shape index (κ2) is 7.42. The SMILES string of the molecule is CN(Cc1ccc(F)cc1)Cc1cc(=O)n2c(-c3ccccc3)csc2n1. The van der Waals surface area contributed by atoms with E-state index in [4.69, 9.17) is 0 Å². The Balaban J connectivity index is 1.58. The molecule has 0 spiro atoms. The zero-order valence-corrected chi connectivity index (χ0v) is 15.6. The van der Waals surface area contributed by atoms with Crippen LogP contribution >= 0.6 is 11.3 Å². The van der Waals surface area contributed by atoms with E-state index in [1.807, 2.05) is 42.8 Å². The number of halogens is 1. The van der Waals surface area contributed by atoms with E-state index in [9.17, 15) is 9.18 Å². The molecule has 0 aliphatic rings. The topological polar surface area (TPSA) is 37.6 Å². The van der Waals surface area contributed by atoms with Crippen LogP contribution in [0.2, 0.25) is 0 Å².